The van der Waals surface area contributed by atoms with Gasteiger partial charge in [0, 0.05) is 12.2 Å². The molecular weight excluding hydrogens is 196 g/mol. The summed E-state index contributed by atoms with van der Waals surface area (Å²) in [7, 11) is 0. The maximum atomic E-state index is 4.31. The van der Waals surface area contributed by atoms with Gasteiger partial charge in [-0.2, -0.15) is 0 Å². The van der Waals surface area contributed by atoms with Crippen molar-refractivity contribution >= 4 is 0 Å². The van der Waals surface area contributed by atoms with Crippen LogP contribution in [0, 0.1) is 13.8 Å². The minimum atomic E-state index is 0.913. The molecule has 0 aliphatic carbocycles. The van der Waals surface area contributed by atoms with Crippen molar-refractivity contribution in [2.24, 2.45) is 0 Å². The lowest BCUT2D eigenvalue weighted by Gasteiger charge is -2.06. The van der Waals surface area contributed by atoms with Crippen LogP contribution in [0.4, 0.5) is 0 Å². The van der Waals surface area contributed by atoms with Gasteiger partial charge in [0.05, 0.1) is 12.0 Å². The smallest absolute Gasteiger partial charge is 0.0954 e. The number of hydrogen-bond donors (Lipinski definition) is 0. The number of aryl methyl sites for hydroxylation is 2. The third-order valence-electron chi connectivity index (χ3n) is 3.13. The van der Waals surface area contributed by atoms with Crippen molar-refractivity contribution in [3.05, 3.63) is 53.1 Å². The predicted octanol–water partition coefficient (Wildman–Crippen LogP) is 3.11. The SMILES string of the molecule is CCc1ccc(Cn2cnc(C)c2C)cc1. The molecule has 2 aromatic rings. The normalized spacial score (nSPS) is 10.7. The molecule has 84 valence electrons. The van der Waals surface area contributed by atoms with Gasteiger partial charge in [-0.15, -0.1) is 0 Å². The van der Waals surface area contributed by atoms with E-state index in [4.69, 9.17) is 0 Å². The minimum Gasteiger partial charge on any atom is -0.330 e. The van der Waals surface area contributed by atoms with E-state index in [9.17, 15) is 0 Å². The summed E-state index contributed by atoms with van der Waals surface area (Å²) in [4.78, 5) is 4.31. The molecule has 0 radical (unpaired) electrons. The van der Waals surface area contributed by atoms with E-state index in [1.165, 1.54) is 16.8 Å². The first-order chi connectivity index (χ1) is 7.70. The van der Waals surface area contributed by atoms with Crippen molar-refractivity contribution in [1.29, 1.82) is 0 Å². The molecule has 2 nitrogen and oxygen atoms in total. The zero-order chi connectivity index (χ0) is 11.5. The Morgan fingerprint density at radius 1 is 1.06 bits per heavy atom. The lowest BCUT2D eigenvalue weighted by atomic mass is 10.1. The van der Waals surface area contributed by atoms with Crippen LogP contribution in [-0.2, 0) is 13.0 Å². The van der Waals surface area contributed by atoms with E-state index in [0.717, 1.165) is 18.7 Å². The quantitative estimate of drug-likeness (QED) is 0.767. The molecule has 0 saturated heterocycles. The van der Waals surface area contributed by atoms with E-state index >= 15 is 0 Å². The van der Waals surface area contributed by atoms with Crippen molar-refractivity contribution < 1.29 is 0 Å². The fraction of sp³-hybridized carbons (Fsp3) is 0.357. The number of aromatic nitrogens is 2. The molecule has 2 rings (SSSR count). The van der Waals surface area contributed by atoms with E-state index < -0.39 is 0 Å². The first-order valence-electron chi connectivity index (χ1n) is 5.77. The van der Waals surface area contributed by atoms with Gasteiger partial charge in [0.15, 0.2) is 0 Å². The Morgan fingerprint density at radius 3 is 2.19 bits per heavy atom. The molecule has 0 atom stereocenters. The average Bonchev–Trinajstić information content (AvgIpc) is 2.62. The van der Waals surface area contributed by atoms with Gasteiger partial charge in [-0.25, -0.2) is 4.98 Å². The summed E-state index contributed by atoms with van der Waals surface area (Å²) in [6, 6.07) is 8.81. The van der Waals surface area contributed by atoms with Crippen molar-refractivity contribution in [2.45, 2.75) is 33.7 Å². The van der Waals surface area contributed by atoms with Crippen LogP contribution >= 0.6 is 0 Å². The molecule has 1 aromatic carbocycles. The molecule has 0 unspecified atom stereocenters. The molecule has 0 aliphatic heterocycles. The third-order valence-corrected chi connectivity index (χ3v) is 3.13. The van der Waals surface area contributed by atoms with Crippen LogP contribution in [0.2, 0.25) is 0 Å². The first kappa shape index (κ1) is 10.9. The van der Waals surface area contributed by atoms with Crippen LogP contribution in [0.3, 0.4) is 0 Å². The fourth-order valence-corrected chi connectivity index (χ4v) is 1.78. The van der Waals surface area contributed by atoms with Crippen LogP contribution in [0.1, 0.15) is 29.4 Å². The Balaban J connectivity index is 2.17. The summed E-state index contributed by atoms with van der Waals surface area (Å²) in [5.41, 5.74) is 5.09. The fourth-order valence-electron chi connectivity index (χ4n) is 1.78. The Morgan fingerprint density at radius 2 is 1.69 bits per heavy atom. The van der Waals surface area contributed by atoms with Gasteiger partial charge in [0.25, 0.3) is 0 Å². The lowest BCUT2D eigenvalue weighted by molar-refractivity contribution is 0.768. The van der Waals surface area contributed by atoms with Gasteiger partial charge in [-0.1, -0.05) is 31.2 Å². The first-order valence-corrected chi connectivity index (χ1v) is 5.77. The molecule has 0 N–H and O–H groups in total. The maximum Gasteiger partial charge on any atom is 0.0954 e. The summed E-state index contributed by atoms with van der Waals surface area (Å²) in [6.45, 7) is 7.25. The number of rotatable bonds is 3. The Bertz CT molecular complexity index is 466. The predicted molar refractivity (Wildman–Crippen MR) is 66.6 cm³/mol. The van der Waals surface area contributed by atoms with Crippen LogP contribution in [0.5, 0.6) is 0 Å². The summed E-state index contributed by atoms with van der Waals surface area (Å²) in [5, 5.41) is 0. The average molecular weight is 214 g/mol. The zero-order valence-corrected chi connectivity index (χ0v) is 10.2. The molecular formula is C14H18N2. The number of benzene rings is 1. The Kier molecular flexibility index (Phi) is 3.09. The van der Waals surface area contributed by atoms with E-state index in [-0.39, 0.29) is 0 Å². The molecule has 2 heteroatoms. The molecule has 0 fully saturated rings. The highest BCUT2D eigenvalue weighted by Gasteiger charge is 2.02. The largest absolute Gasteiger partial charge is 0.330 e. The molecule has 0 spiro atoms. The topological polar surface area (TPSA) is 17.8 Å². The second-order valence-corrected chi connectivity index (χ2v) is 4.21. The van der Waals surface area contributed by atoms with Gasteiger partial charge in [-0.3, -0.25) is 0 Å². The van der Waals surface area contributed by atoms with E-state index in [1.54, 1.807) is 0 Å². The highest BCUT2D eigenvalue weighted by molar-refractivity contribution is 5.23. The Hall–Kier alpha value is -1.57. The van der Waals surface area contributed by atoms with Crippen molar-refractivity contribution in [3.8, 4) is 0 Å². The van der Waals surface area contributed by atoms with E-state index in [0.29, 0.717) is 0 Å². The monoisotopic (exact) mass is 214 g/mol. The highest BCUT2D eigenvalue weighted by Crippen LogP contribution is 2.10. The standard InChI is InChI=1S/C14H18N2/c1-4-13-5-7-14(8-6-13)9-16-10-15-11(2)12(16)3/h5-8,10H,4,9H2,1-3H3. The molecule has 0 aliphatic rings. The van der Waals surface area contributed by atoms with Gasteiger partial charge < -0.3 is 4.57 Å². The lowest BCUT2D eigenvalue weighted by Crippen LogP contribution is -2.00. The second-order valence-electron chi connectivity index (χ2n) is 4.21. The highest BCUT2D eigenvalue weighted by atomic mass is 15.0. The number of nitrogens with zero attached hydrogens (tertiary/aromatic N) is 2. The van der Waals surface area contributed by atoms with Gasteiger partial charge in [-0.05, 0) is 31.4 Å². The molecule has 1 heterocycles. The Labute approximate surface area is 97.0 Å². The molecule has 0 amide bonds. The van der Waals surface area contributed by atoms with E-state index in [2.05, 4.69) is 47.7 Å². The molecule has 1 aromatic heterocycles. The second kappa shape index (κ2) is 4.52. The van der Waals surface area contributed by atoms with Crippen molar-refractivity contribution in [3.63, 3.8) is 0 Å². The van der Waals surface area contributed by atoms with Crippen molar-refractivity contribution in [2.75, 3.05) is 0 Å². The van der Waals surface area contributed by atoms with E-state index in [1.807, 2.05) is 13.3 Å². The summed E-state index contributed by atoms with van der Waals surface area (Å²) in [5.74, 6) is 0. The summed E-state index contributed by atoms with van der Waals surface area (Å²) >= 11 is 0. The van der Waals surface area contributed by atoms with Gasteiger partial charge in [0.1, 0.15) is 0 Å². The van der Waals surface area contributed by atoms with Gasteiger partial charge in [0.2, 0.25) is 0 Å². The molecule has 0 saturated carbocycles. The van der Waals surface area contributed by atoms with Crippen LogP contribution in [0.15, 0.2) is 30.6 Å². The van der Waals surface area contributed by atoms with Crippen LogP contribution < -0.4 is 0 Å². The van der Waals surface area contributed by atoms with Gasteiger partial charge >= 0.3 is 0 Å². The molecule has 0 bridgehead atoms. The minimum absolute atomic E-state index is 0.913. The number of hydrogen-bond acceptors (Lipinski definition) is 1. The van der Waals surface area contributed by atoms with Crippen LogP contribution in [0.25, 0.3) is 0 Å². The zero-order valence-electron chi connectivity index (χ0n) is 10.2. The summed E-state index contributed by atoms with van der Waals surface area (Å²) < 4.78 is 2.19. The van der Waals surface area contributed by atoms with Crippen molar-refractivity contribution in [1.82, 2.24) is 9.55 Å². The maximum absolute atomic E-state index is 4.31. The number of imidazole rings is 1. The summed E-state index contributed by atoms with van der Waals surface area (Å²) in [6.07, 6.45) is 3.02. The third kappa shape index (κ3) is 2.16. The van der Waals surface area contributed by atoms with Crippen LogP contribution in [-0.4, -0.2) is 9.55 Å². The molecule has 16 heavy (non-hydrogen) atoms.